The molecular weight excluding hydrogens is 216 g/mol. The molecule has 0 amide bonds. The fourth-order valence-corrected chi connectivity index (χ4v) is 1.52. The van der Waals surface area contributed by atoms with E-state index in [-0.39, 0.29) is 5.78 Å². The summed E-state index contributed by atoms with van der Waals surface area (Å²) in [4.78, 5) is 16.0. The number of carbonyl (C=O) groups is 1. The molecule has 0 aliphatic heterocycles. The number of ketones is 1. The highest BCUT2D eigenvalue weighted by Gasteiger charge is 2.12. The molecule has 5 nitrogen and oxygen atoms in total. The van der Waals surface area contributed by atoms with Crippen LogP contribution in [0.25, 0.3) is 0 Å². The number of nitrogens with zero attached hydrogens (tertiary/aromatic N) is 3. The number of rotatable bonds is 4. The Bertz CT molecular complexity index is 516. The largest absolute Gasteiger partial charge is 0.397 e. The minimum atomic E-state index is -0.132. The van der Waals surface area contributed by atoms with E-state index in [0.717, 1.165) is 13.0 Å². The number of nitrogen functional groups attached to an aromatic ring is 1. The SMILES string of the molecule is CCCn1cc(C(=O)c2ccc(N)cn2)cn1. The second-order valence-electron chi connectivity index (χ2n) is 3.80. The number of hydrogen-bond donors (Lipinski definition) is 1. The van der Waals surface area contributed by atoms with E-state index in [1.807, 2.05) is 0 Å². The number of hydrogen-bond acceptors (Lipinski definition) is 4. The lowest BCUT2D eigenvalue weighted by molar-refractivity contribution is 0.103. The second kappa shape index (κ2) is 4.78. The van der Waals surface area contributed by atoms with Gasteiger partial charge in [0.1, 0.15) is 5.69 Å². The Morgan fingerprint density at radius 2 is 2.24 bits per heavy atom. The first-order valence-corrected chi connectivity index (χ1v) is 5.49. The van der Waals surface area contributed by atoms with Gasteiger partial charge in [-0.05, 0) is 18.6 Å². The van der Waals surface area contributed by atoms with Gasteiger partial charge in [0.15, 0.2) is 0 Å². The second-order valence-corrected chi connectivity index (χ2v) is 3.80. The Balaban J connectivity index is 2.21. The van der Waals surface area contributed by atoms with E-state index in [1.165, 1.54) is 6.20 Å². The average Bonchev–Trinajstić information content (AvgIpc) is 2.78. The average molecular weight is 230 g/mol. The molecule has 5 heteroatoms. The summed E-state index contributed by atoms with van der Waals surface area (Å²) in [6, 6.07) is 3.28. The van der Waals surface area contributed by atoms with E-state index in [9.17, 15) is 4.79 Å². The van der Waals surface area contributed by atoms with Gasteiger partial charge in [-0.25, -0.2) is 0 Å². The summed E-state index contributed by atoms with van der Waals surface area (Å²) < 4.78 is 1.75. The highest BCUT2D eigenvalue weighted by molar-refractivity contribution is 6.07. The number of aromatic nitrogens is 3. The van der Waals surface area contributed by atoms with Gasteiger partial charge in [-0.3, -0.25) is 14.5 Å². The third-order valence-electron chi connectivity index (χ3n) is 2.37. The molecule has 2 aromatic heterocycles. The van der Waals surface area contributed by atoms with Gasteiger partial charge in [-0.2, -0.15) is 5.10 Å². The van der Waals surface area contributed by atoms with Crippen LogP contribution in [-0.2, 0) is 6.54 Å². The summed E-state index contributed by atoms with van der Waals surface area (Å²) in [5, 5.41) is 4.11. The standard InChI is InChI=1S/C12H14N4O/c1-2-5-16-8-9(6-15-16)12(17)11-4-3-10(13)7-14-11/h3-4,6-8H,2,5,13H2,1H3. The first-order valence-electron chi connectivity index (χ1n) is 5.49. The van der Waals surface area contributed by atoms with E-state index in [1.54, 1.807) is 29.2 Å². The maximum absolute atomic E-state index is 12.0. The molecule has 2 rings (SSSR count). The minimum Gasteiger partial charge on any atom is -0.397 e. The van der Waals surface area contributed by atoms with Crippen molar-refractivity contribution in [2.45, 2.75) is 19.9 Å². The fraction of sp³-hybridized carbons (Fsp3) is 0.250. The number of carbonyl (C=O) groups excluding carboxylic acids is 1. The molecule has 0 bridgehead atoms. The van der Waals surface area contributed by atoms with Gasteiger partial charge in [-0.15, -0.1) is 0 Å². The lowest BCUT2D eigenvalue weighted by Gasteiger charge is -1.98. The van der Waals surface area contributed by atoms with Crippen molar-refractivity contribution in [3.05, 3.63) is 42.0 Å². The Hall–Kier alpha value is -2.17. The van der Waals surface area contributed by atoms with Crippen molar-refractivity contribution in [2.75, 3.05) is 5.73 Å². The molecule has 17 heavy (non-hydrogen) atoms. The van der Waals surface area contributed by atoms with E-state index in [0.29, 0.717) is 16.9 Å². The third kappa shape index (κ3) is 2.50. The van der Waals surface area contributed by atoms with Crippen LogP contribution in [0.3, 0.4) is 0 Å². The van der Waals surface area contributed by atoms with Crippen LogP contribution in [0, 0.1) is 0 Å². The summed E-state index contributed by atoms with van der Waals surface area (Å²) >= 11 is 0. The molecule has 0 unspecified atom stereocenters. The maximum atomic E-state index is 12.0. The van der Waals surface area contributed by atoms with Crippen LogP contribution >= 0.6 is 0 Å². The molecule has 0 spiro atoms. The quantitative estimate of drug-likeness (QED) is 0.808. The molecule has 0 aliphatic carbocycles. The van der Waals surface area contributed by atoms with Crippen LogP contribution < -0.4 is 5.73 Å². The van der Waals surface area contributed by atoms with Gasteiger partial charge in [0.2, 0.25) is 5.78 Å². The van der Waals surface area contributed by atoms with E-state index in [4.69, 9.17) is 5.73 Å². The topological polar surface area (TPSA) is 73.8 Å². The number of pyridine rings is 1. The first-order chi connectivity index (χ1) is 8.20. The van der Waals surface area contributed by atoms with Crippen molar-refractivity contribution in [1.29, 1.82) is 0 Å². The normalized spacial score (nSPS) is 10.4. The summed E-state index contributed by atoms with van der Waals surface area (Å²) in [7, 11) is 0. The van der Waals surface area contributed by atoms with Crippen LogP contribution in [-0.4, -0.2) is 20.5 Å². The zero-order chi connectivity index (χ0) is 12.3. The molecule has 2 aromatic rings. The predicted molar refractivity (Wildman–Crippen MR) is 64.6 cm³/mol. The Labute approximate surface area is 99.3 Å². The molecule has 2 N–H and O–H groups in total. The summed E-state index contributed by atoms with van der Waals surface area (Å²) in [5.74, 6) is -0.132. The van der Waals surface area contributed by atoms with Crippen LogP contribution in [0.4, 0.5) is 5.69 Å². The van der Waals surface area contributed by atoms with E-state index >= 15 is 0 Å². The van der Waals surface area contributed by atoms with Crippen molar-refractivity contribution < 1.29 is 4.79 Å². The molecule has 0 saturated carbocycles. The lowest BCUT2D eigenvalue weighted by Crippen LogP contribution is -2.03. The van der Waals surface area contributed by atoms with Crippen LogP contribution in [0.15, 0.2) is 30.7 Å². The van der Waals surface area contributed by atoms with E-state index in [2.05, 4.69) is 17.0 Å². The fourth-order valence-electron chi connectivity index (χ4n) is 1.52. The van der Waals surface area contributed by atoms with Gasteiger partial charge in [-0.1, -0.05) is 6.92 Å². The zero-order valence-electron chi connectivity index (χ0n) is 9.63. The van der Waals surface area contributed by atoms with Gasteiger partial charge in [0.25, 0.3) is 0 Å². The Morgan fingerprint density at radius 3 is 2.88 bits per heavy atom. The van der Waals surface area contributed by atoms with Gasteiger partial charge >= 0.3 is 0 Å². The molecule has 0 saturated heterocycles. The van der Waals surface area contributed by atoms with Crippen molar-refractivity contribution >= 4 is 11.5 Å². The monoisotopic (exact) mass is 230 g/mol. The van der Waals surface area contributed by atoms with Gasteiger partial charge in [0.05, 0.1) is 23.6 Å². The van der Waals surface area contributed by atoms with Crippen LogP contribution in [0.5, 0.6) is 0 Å². The van der Waals surface area contributed by atoms with Crippen LogP contribution in [0.2, 0.25) is 0 Å². The van der Waals surface area contributed by atoms with Crippen molar-refractivity contribution in [1.82, 2.24) is 14.8 Å². The Morgan fingerprint density at radius 1 is 1.41 bits per heavy atom. The summed E-state index contributed by atoms with van der Waals surface area (Å²) in [6.07, 6.45) is 5.76. The molecule has 0 atom stereocenters. The maximum Gasteiger partial charge on any atom is 0.214 e. The number of anilines is 1. The van der Waals surface area contributed by atoms with Crippen molar-refractivity contribution in [3.63, 3.8) is 0 Å². The molecule has 88 valence electrons. The van der Waals surface area contributed by atoms with Crippen LogP contribution in [0.1, 0.15) is 29.4 Å². The highest BCUT2D eigenvalue weighted by Crippen LogP contribution is 2.08. The molecule has 0 aliphatic rings. The number of nitrogens with two attached hydrogens (primary N) is 1. The highest BCUT2D eigenvalue weighted by atomic mass is 16.1. The number of aryl methyl sites for hydroxylation is 1. The van der Waals surface area contributed by atoms with Gasteiger partial charge < -0.3 is 5.73 Å². The minimum absolute atomic E-state index is 0.132. The van der Waals surface area contributed by atoms with Crippen molar-refractivity contribution in [3.8, 4) is 0 Å². The molecular formula is C12H14N4O. The summed E-state index contributed by atoms with van der Waals surface area (Å²) in [6.45, 7) is 2.87. The summed E-state index contributed by atoms with van der Waals surface area (Å²) in [5.41, 5.74) is 7.00. The third-order valence-corrected chi connectivity index (χ3v) is 2.37. The van der Waals surface area contributed by atoms with Crippen molar-refractivity contribution in [2.24, 2.45) is 0 Å². The molecule has 2 heterocycles. The smallest absolute Gasteiger partial charge is 0.214 e. The first kappa shape index (κ1) is 11.3. The molecule has 0 radical (unpaired) electrons. The lowest BCUT2D eigenvalue weighted by atomic mass is 10.1. The van der Waals surface area contributed by atoms with E-state index < -0.39 is 0 Å². The predicted octanol–water partition coefficient (Wildman–Crippen LogP) is 1.50. The zero-order valence-corrected chi connectivity index (χ0v) is 9.63. The van der Waals surface area contributed by atoms with Gasteiger partial charge in [0, 0.05) is 12.7 Å². The Kier molecular flexibility index (Phi) is 3.18. The molecule has 0 fully saturated rings. The molecule has 0 aromatic carbocycles.